The van der Waals surface area contributed by atoms with E-state index >= 15 is 0 Å². The molecule has 10 nitrogen and oxygen atoms in total. The number of rotatable bonds is 10. The van der Waals surface area contributed by atoms with Crippen molar-refractivity contribution < 1.29 is 39.3 Å². The molecule has 0 bridgehead atoms. The molecule has 0 aromatic rings. The van der Waals surface area contributed by atoms with Crippen molar-refractivity contribution in [3.8, 4) is 0 Å². The van der Waals surface area contributed by atoms with Gasteiger partial charge in [-0.3, -0.25) is 19.2 Å². The Hall–Kier alpha value is -2.65. The van der Waals surface area contributed by atoms with Crippen LogP contribution in [0.1, 0.15) is 25.7 Å². The van der Waals surface area contributed by atoms with Crippen LogP contribution in [0, 0.1) is 0 Å². The summed E-state index contributed by atoms with van der Waals surface area (Å²) in [4.78, 5) is 53.9. The summed E-state index contributed by atoms with van der Waals surface area (Å²) in [6, 6.07) is -1.35. The van der Waals surface area contributed by atoms with E-state index in [0.29, 0.717) is 0 Å². The first-order valence-corrected chi connectivity index (χ1v) is 5.94. The van der Waals surface area contributed by atoms with Gasteiger partial charge >= 0.3 is 17.9 Å². The third kappa shape index (κ3) is 9.87. The van der Waals surface area contributed by atoms with Crippen molar-refractivity contribution in [1.82, 2.24) is 10.6 Å². The number of hydrogen-bond donors (Lipinski definition) is 5. The van der Waals surface area contributed by atoms with Gasteiger partial charge in [-0.2, -0.15) is 0 Å². The average molecular weight is 304 g/mol. The molecule has 0 aliphatic rings. The molecular formula is C11H16N2O8. The predicted octanol–water partition coefficient (Wildman–Crippen LogP) is -1.60. The van der Waals surface area contributed by atoms with E-state index in [0.717, 1.165) is 0 Å². The normalized spacial score (nSPS) is 11.2. The van der Waals surface area contributed by atoms with Crippen LogP contribution in [-0.4, -0.2) is 57.6 Å². The summed E-state index contributed by atoms with van der Waals surface area (Å²) in [5.41, 5.74) is 0. The highest BCUT2D eigenvalue weighted by molar-refractivity contribution is 5.88. The lowest BCUT2D eigenvalue weighted by atomic mass is 10.1. The van der Waals surface area contributed by atoms with E-state index in [2.05, 4.69) is 5.32 Å². The van der Waals surface area contributed by atoms with Crippen LogP contribution >= 0.6 is 0 Å². The smallest absolute Gasteiger partial charge is 0.326 e. The molecule has 0 rings (SSSR count). The zero-order chi connectivity index (χ0) is 16.4. The monoisotopic (exact) mass is 304 g/mol. The molecule has 21 heavy (non-hydrogen) atoms. The van der Waals surface area contributed by atoms with Gasteiger partial charge in [0.2, 0.25) is 11.8 Å². The SMILES string of the molecule is O=C(O)CCC(NC(=O)CCC(=O)NCC(=O)O)C(=O)O. The number of nitrogens with one attached hydrogen (secondary N) is 2. The number of hydrogen-bond acceptors (Lipinski definition) is 5. The average Bonchev–Trinajstić information content (AvgIpc) is 2.38. The van der Waals surface area contributed by atoms with Gasteiger partial charge in [-0.15, -0.1) is 0 Å². The first kappa shape index (κ1) is 18.4. The lowest BCUT2D eigenvalue weighted by Gasteiger charge is -2.13. The quantitative estimate of drug-likeness (QED) is 0.321. The third-order valence-corrected chi connectivity index (χ3v) is 2.30. The van der Waals surface area contributed by atoms with Crippen LogP contribution in [0.15, 0.2) is 0 Å². The first-order chi connectivity index (χ1) is 9.72. The van der Waals surface area contributed by atoms with Gasteiger partial charge in [0.05, 0.1) is 0 Å². The Labute approximate surface area is 119 Å². The minimum absolute atomic E-state index is 0.276. The van der Waals surface area contributed by atoms with Gasteiger partial charge in [-0.1, -0.05) is 0 Å². The molecule has 1 atom stereocenters. The summed E-state index contributed by atoms with van der Waals surface area (Å²) in [5.74, 6) is -5.20. The van der Waals surface area contributed by atoms with Crippen molar-refractivity contribution in [1.29, 1.82) is 0 Å². The van der Waals surface area contributed by atoms with Crippen LogP contribution in [0.3, 0.4) is 0 Å². The zero-order valence-corrected chi connectivity index (χ0v) is 11.0. The van der Waals surface area contributed by atoms with E-state index in [4.69, 9.17) is 15.3 Å². The van der Waals surface area contributed by atoms with E-state index in [-0.39, 0.29) is 19.3 Å². The first-order valence-electron chi connectivity index (χ1n) is 5.94. The molecule has 2 amide bonds. The van der Waals surface area contributed by atoms with Crippen LogP contribution in [0.5, 0.6) is 0 Å². The van der Waals surface area contributed by atoms with Crippen molar-refractivity contribution in [2.45, 2.75) is 31.7 Å². The molecule has 0 aromatic heterocycles. The van der Waals surface area contributed by atoms with Crippen molar-refractivity contribution in [3.05, 3.63) is 0 Å². The number of carbonyl (C=O) groups excluding carboxylic acids is 2. The third-order valence-electron chi connectivity index (χ3n) is 2.30. The highest BCUT2D eigenvalue weighted by Crippen LogP contribution is 2.00. The van der Waals surface area contributed by atoms with E-state index in [1.54, 1.807) is 0 Å². The molecule has 0 saturated carbocycles. The fourth-order valence-corrected chi connectivity index (χ4v) is 1.28. The number of carboxylic acids is 3. The van der Waals surface area contributed by atoms with Gasteiger partial charge < -0.3 is 26.0 Å². The Balaban J connectivity index is 4.14. The van der Waals surface area contributed by atoms with Crippen molar-refractivity contribution >= 4 is 29.7 Å². The fraction of sp³-hybridized carbons (Fsp3) is 0.545. The highest BCUT2D eigenvalue weighted by Gasteiger charge is 2.21. The van der Waals surface area contributed by atoms with Gasteiger partial charge in [-0.05, 0) is 6.42 Å². The second-order valence-electron chi connectivity index (χ2n) is 4.06. The van der Waals surface area contributed by atoms with E-state index in [1.165, 1.54) is 0 Å². The van der Waals surface area contributed by atoms with Crippen LogP contribution in [-0.2, 0) is 24.0 Å². The van der Waals surface area contributed by atoms with E-state index < -0.39 is 48.7 Å². The Morgan fingerprint density at radius 2 is 1.38 bits per heavy atom. The molecule has 0 aromatic carbocycles. The maximum Gasteiger partial charge on any atom is 0.326 e. The molecule has 0 radical (unpaired) electrons. The lowest BCUT2D eigenvalue weighted by molar-refractivity contribution is -0.143. The molecule has 0 spiro atoms. The number of aliphatic carboxylic acids is 3. The van der Waals surface area contributed by atoms with E-state index in [1.807, 2.05) is 5.32 Å². The summed E-state index contributed by atoms with van der Waals surface area (Å²) < 4.78 is 0. The maximum atomic E-state index is 11.4. The Morgan fingerprint density at radius 1 is 0.810 bits per heavy atom. The van der Waals surface area contributed by atoms with Gasteiger partial charge in [0.1, 0.15) is 12.6 Å². The van der Waals surface area contributed by atoms with Crippen LogP contribution in [0.2, 0.25) is 0 Å². The molecule has 118 valence electrons. The van der Waals surface area contributed by atoms with Crippen molar-refractivity contribution in [2.75, 3.05) is 6.54 Å². The molecule has 0 saturated heterocycles. The Bertz CT molecular complexity index is 434. The van der Waals surface area contributed by atoms with Gasteiger partial charge in [0.25, 0.3) is 0 Å². The number of amides is 2. The Kier molecular flexibility index (Phi) is 8.11. The van der Waals surface area contributed by atoms with Crippen LogP contribution in [0.25, 0.3) is 0 Å². The molecule has 1 unspecified atom stereocenters. The topological polar surface area (TPSA) is 170 Å². The number of carbonyl (C=O) groups is 5. The second-order valence-corrected chi connectivity index (χ2v) is 4.06. The molecule has 0 aliphatic carbocycles. The zero-order valence-electron chi connectivity index (χ0n) is 11.0. The van der Waals surface area contributed by atoms with Crippen molar-refractivity contribution in [2.24, 2.45) is 0 Å². The fourth-order valence-electron chi connectivity index (χ4n) is 1.28. The molecule has 5 N–H and O–H groups in total. The summed E-state index contributed by atoms with van der Waals surface area (Å²) >= 11 is 0. The van der Waals surface area contributed by atoms with Crippen LogP contribution < -0.4 is 10.6 Å². The standard InChI is InChI=1S/C11H16N2O8/c14-7(12-5-10(18)19)2-3-8(15)13-6(11(20)21)1-4-9(16)17/h6H,1-5H2,(H,12,14)(H,13,15)(H,16,17)(H,18,19)(H,20,21). The Morgan fingerprint density at radius 3 is 1.86 bits per heavy atom. The lowest BCUT2D eigenvalue weighted by Crippen LogP contribution is -2.41. The highest BCUT2D eigenvalue weighted by atomic mass is 16.4. The predicted molar refractivity (Wildman–Crippen MR) is 66.3 cm³/mol. The van der Waals surface area contributed by atoms with Gasteiger partial charge in [0, 0.05) is 19.3 Å². The summed E-state index contributed by atoms with van der Waals surface area (Å²) in [5, 5.41) is 29.7. The van der Waals surface area contributed by atoms with Gasteiger partial charge in [-0.25, -0.2) is 4.79 Å². The minimum Gasteiger partial charge on any atom is -0.481 e. The molecule has 0 heterocycles. The second kappa shape index (κ2) is 9.28. The summed E-state index contributed by atoms with van der Waals surface area (Å²) in [6.45, 7) is -0.573. The maximum absolute atomic E-state index is 11.4. The molecular weight excluding hydrogens is 288 g/mol. The van der Waals surface area contributed by atoms with Crippen molar-refractivity contribution in [3.63, 3.8) is 0 Å². The largest absolute Gasteiger partial charge is 0.481 e. The summed E-state index contributed by atoms with van der Waals surface area (Å²) in [7, 11) is 0. The molecule has 10 heteroatoms. The van der Waals surface area contributed by atoms with Crippen LogP contribution in [0.4, 0.5) is 0 Å². The summed E-state index contributed by atoms with van der Waals surface area (Å²) in [6.07, 6.45) is -1.33. The molecule has 0 aliphatic heterocycles. The molecule has 0 fully saturated rings. The number of carboxylic acid groups (broad SMARTS) is 3. The van der Waals surface area contributed by atoms with Gasteiger partial charge in [0.15, 0.2) is 0 Å². The minimum atomic E-state index is -1.38. The van der Waals surface area contributed by atoms with E-state index in [9.17, 15) is 24.0 Å².